The van der Waals surface area contributed by atoms with Crippen LogP contribution >= 0.6 is 12.2 Å². The van der Waals surface area contributed by atoms with E-state index < -0.39 is 22.4 Å². The highest BCUT2D eigenvalue weighted by molar-refractivity contribution is 7.80. The van der Waals surface area contributed by atoms with Crippen LogP contribution in [0, 0.1) is 10.1 Å². The van der Waals surface area contributed by atoms with Crippen molar-refractivity contribution in [3.63, 3.8) is 0 Å². The molecule has 4 rings (SSSR count). The normalized spacial score (nSPS) is 17.8. The van der Waals surface area contributed by atoms with Gasteiger partial charge in [-0.3, -0.25) is 10.1 Å². The minimum atomic E-state index is -4.83. The van der Waals surface area contributed by atoms with Crippen LogP contribution in [0.2, 0.25) is 0 Å². The van der Waals surface area contributed by atoms with Crippen LogP contribution in [0.3, 0.4) is 0 Å². The molecule has 0 amide bonds. The molecule has 39 heavy (non-hydrogen) atoms. The number of rotatable bonds is 9. The van der Waals surface area contributed by atoms with Crippen LogP contribution in [0.5, 0.6) is 5.75 Å². The lowest BCUT2D eigenvalue weighted by Crippen LogP contribution is -2.42. The van der Waals surface area contributed by atoms with Gasteiger partial charge < -0.3 is 14.5 Å². The molecule has 0 bridgehead atoms. The maximum atomic E-state index is 13.3. The highest BCUT2D eigenvalue weighted by Crippen LogP contribution is 2.38. The molecule has 0 aromatic heterocycles. The molecule has 0 spiro atoms. The highest BCUT2D eigenvalue weighted by atomic mass is 32.1. The topological polar surface area (TPSA) is 58.8 Å². The van der Waals surface area contributed by atoms with Crippen LogP contribution in [0.15, 0.2) is 42.5 Å². The molecule has 2 aliphatic rings. The lowest BCUT2D eigenvalue weighted by Gasteiger charge is -2.36. The molecule has 2 fully saturated rings. The fraction of sp³-hybridized carbons (Fsp3) is 0.552. The van der Waals surface area contributed by atoms with E-state index in [0.717, 1.165) is 62.4 Å². The molecule has 2 aromatic rings. The minimum absolute atomic E-state index is 0.00532. The van der Waals surface area contributed by atoms with E-state index in [4.69, 9.17) is 17.0 Å². The number of hydrogen-bond donors (Lipinski definition) is 0. The fourth-order valence-corrected chi connectivity index (χ4v) is 5.81. The molecular weight excluding hydrogens is 527 g/mol. The van der Waals surface area contributed by atoms with Crippen molar-refractivity contribution in [3.05, 3.63) is 69.3 Å². The van der Waals surface area contributed by atoms with Gasteiger partial charge in [0.2, 0.25) is 0 Å². The zero-order valence-corrected chi connectivity index (χ0v) is 23.1. The summed E-state index contributed by atoms with van der Waals surface area (Å²) in [4.78, 5) is 15.5. The predicted molar refractivity (Wildman–Crippen MR) is 149 cm³/mol. The van der Waals surface area contributed by atoms with Gasteiger partial charge in [-0.05, 0) is 61.5 Å². The Balaban J connectivity index is 1.19. The molecule has 2 saturated heterocycles. The Bertz CT molecular complexity index is 1130. The zero-order valence-electron chi connectivity index (χ0n) is 22.3. The number of aryl methyl sites for hydroxylation is 1. The van der Waals surface area contributed by atoms with Gasteiger partial charge in [0.25, 0.3) is 5.69 Å². The third-order valence-corrected chi connectivity index (χ3v) is 8.25. The van der Waals surface area contributed by atoms with Crippen LogP contribution in [0.25, 0.3) is 0 Å². The van der Waals surface area contributed by atoms with E-state index in [1.54, 1.807) is 0 Å². The van der Waals surface area contributed by atoms with Crippen molar-refractivity contribution >= 4 is 22.9 Å². The van der Waals surface area contributed by atoms with E-state index in [-0.39, 0.29) is 11.9 Å². The lowest BCUT2D eigenvalue weighted by molar-refractivity contribution is -0.388. The van der Waals surface area contributed by atoms with Crippen molar-refractivity contribution < 1.29 is 22.8 Å². The first-order valence-electron chi connectivity index (χ1n) is 13.7. The number of hydrogen-bond acceptors (Lipinski definition) is 5. The summed E-state index contributed by atoms with van der Waals surface area (Å²) in [5.41, 5.74) is 0.584. The first-order chi connectivity index (χ1) is 18.6. The van der Waals surface area contributed by atoms with Gasteiger partial charge in [-0.15, -0.1) is 0 Å². The van der Waals surface area contributed by atoms with Gasteiger partial charge >= 0.3 is 6.18 Å². The molecule has 10 heteroatoms. The molecule has 6 nitrogen and oxygen atoms in total. The second-order valence-corrected chi connectivity index (χ2v) is 11.0. The second-order valence-electron chi connectivity index (χ2n) is 10.5. The summed E-state index contributed by atoms with van der Waals surface area (Å²) in [5.74, 6) is 0.611. The Morgan fingerprint density at radius 3 is 2.31 bits per heavy atom. The Morgan fingerprint density at radius 2 is 1.72 bits per heavy atom. The van der Waals surface area contributed by atoms with E-state index in [2.05, 4.69) is 41.0 Å². The summed E-state index contributed by atoms with van der Waals surface area (Å²) < 4.78 is 45.6. The van der Waals surface area contributed by atoms with Crippen LogP contribution < -0.4 is 4.74 Å². The van der Waals surface area contributed by atoms with Crippen molar-refractivity contribution in [2.75, 3.05) is 32.7 Å². The van der Waals surface area contributed by atoms with Crippen molar-refractivity contribution in [3.8, 4) is 5.75 Å². The molecule has 212 valence electrons. The van der Waals surface area contributed by atoms with E-state index >= 15 is 0 Å². The predicted octanol–water partition coefficient (Wildman–Crippen LogP) is 7.01. The van der Waals surface area contributed by atoms with Crippen molar-refractivity contribution in [1.82, 2.24) is 9.80 Å². The number of halogens is 3. The molecule has 2 aliphatic heterocycles. The standard InChI is InChI=1S/C29H36F3N3O3S/c1-2-3-21-4-6-22(7-5-21)23-10-15-33(16-11-23)17-14-28(39)34-18-12-24(13-19-34)38-25-8-9-27(35(36)37)26(20-25)29(30,31)32/h4-9,20,23-24H,2-3,10-19H2,1H3. The number of thiocarbonyl (C=S) groups is 1. The first kappa shape index (κ1) is 29.3. The number of benzene rings is 2. The molecule has 0 atom stereocenters. The Hall–Kier alpha value is -2.72. The minimum Gasteiger partial charge on any atom is -0.490 e. The van der Waals surface area contributed by atoms with E-state index in [1.165, 1.54) is 23.6 Å². The molecule has 0 saturated carbocycles. The summed E-state index contributed by atoms with van der Waals surface area (Å²) >= 11 is 5.71. The molecular formula is C29H36F3N3O3S. The van der Waals surface area contributed by atoms with Gasteiger partial charge in [-0.2, -0.15) is 13.2 Å². The summed E-state index contributed by atoms with van der Waals surface area (Å²) in [6.45, 7) is 6.62. The van der Waals surface area contributed by atoms with Crippen molar-refractivity contribution in [2.45, 2.75) is 70.1 Å². The molecule has 0 aliphatic carbocycles. The number of alkyl halides is 3. The van der Waals surface area contributed by atoms with Crippen molar-refractivity contribution in [2.24, 2.45) is 0 Å². The maximum absolute atomic E-state index is 13.3. The Morgan fingerprint density at radius 1 is 1.05 bits per heavy atom. The highest BCUT2D eigenvalue weighted by Gasteiger charge is 2.39. The van der Waals surface area contributed by atoms with Gasteiger partial charge in [0, 0.05) is 45.0 Å². The number of nitro benzene ring substituents is 1. The van der Waals surface area contributed by atoms with Crippen LogP contribution in [0.1, 0.15) is 68.1 Å². The van der Waals surface area contributed by atoms with Crippen molar-refractivity contribution in [1.29, 1.82) is 0 Å². The number of nitro groups is 1. The fourth-order valence-electron chi connectivity index (χ4n) is 5.54. The van der Waals surface area contributed by atoms with Gasteiger partial charge in [-0.1, -0.05) is 49.8 Å². The van der Waals surface area contributed by atoms with E-state index in [9.17, 15) is 23.3 Å². The van der Waals surface area contributed by atoms with Crippen LogP contribution in [0.4, 0.5) is 18.9 Å². The Kier molecular flexibility index (Phi) is 9.82. The number of likely N-dealkylation sites (tertiary alicyclic amines) is 2. The third kappa shape index (κ3) is 7.91. The average molecular weight is 564 g/mol. The number of ether oxygens (including phenoxy) is 1. The maximum Gasteiger partial charge on any atom is 0.423 e. The summed E-state index contributed by atoms with van der Waals surface area (Å²) in [6.07, 6.45) is 1.58. The van der Waals surface area contributed by atoms with Gasteiger partial charge in [-0.25, -0.2) is 0 Å². The summed E-state index contributed by atoms with van der Waals surface area (Å²) in [6, 6.07) is 11.9. The monoisotopic (exact) mass is 563 g/mol. The molecule has 0 N–H and O–H groups in total. The quantitative estimate of drug-likeness (QED) is 0.186. The summed E-state index contributed by atoms with van der Waals surface area (Å²) in [7, 11) is 0. The lowest BCUT2D eigenvalue weighted by atomic mass is 9.88. The molecule has 2 aromatic carbocycles. The largest absolute Gasteiger partial charge is 0.490 e. The summed E-state index contributed by atoms with van der Waals surface area (Å²) in [5, 5.41) is 11.0. The molecule has 0 radical (unpaired) electrons. The van der Waals surface area contributed by atoms with E-state index in [1.807, 2.05) is 0 Å². The number of piperidine rings is 2. The Labute approximate surface area is 233 Å². The van der Waals surface area contributed by atoms with Gasteiger partial charge in [0.1, 0.15) is 17.4 Å². The second kappa shape index (κ2) is 13.1. The third-order valence-electron chi connectivity index (χ3n) is 7.79. The van der Waals surface area contributed by atoms with Gasteiger partial charge in [0.05, 0.1) is 9.91 Å². The van der Waals surface area contributed by atoms with Crippen LogP contribution in [-0.2, 0) is 12.6 Å². The zero-order chi connectivity index (χ0) is 28.0. The molecule has 2 heterocycles. The molecule has 0 unspecified atom stereocenters. The van der Waals surface area contributed by atoms with Gasteiger partial charge in [0.15, 0.2) is 0 Å². The average Bonchev–Trinajstić information content (AvgIpc) is 2.92. The van der Waals surface area contributed by atoms with Crippen LogP contribution in [-0.4, -0.2) is 58.5 Å². The number of nitrogens with zero attached hydrogens (tertiary/aromatic N) is 3. The SMILES string of the molecule is CCCc1ccc(C2CCN(CCC(=S)N3CCC(Oc4ccc([N+](=O)[O-])c(C(F)(F)F)c4)CC3)CC2)cc1. The van der Waals surface area contributed by atoms with E-state index in [0.29, 0.717) is 31.8 Å². The smallest absolute Gasteiger partial charge is 0.423 e. The first-order valence-corrected chi connectivity index (χ1v) is 14.2.